The predicted octanol–water partition coefficient (Wildman–Crippen LogP) is 2.37. The lowest BCUT2D eigenvalue weighted by Crippen LogP contribution is -2.26. The van der Waals surface area contributed by atoms with E-state index in [0.29, 0.717) is 19.5 Å². The van der Waals surface area contributed by atoms with E-state index in [1.165, 1.54) is 0 Å². The van der Waals surface area contributed by atoms with E-state index >= 15 is 0 Å². The summed E-state index contributed by atoms with van der Waals surface area (Å²) in [5.41, 5.74) is 8.25. The molecule has 1 aromatic heterocycles. The van der Waals surface area contributed by atoms with E-state index in [1.807, 2.05) is 17.0 Å². The summed E-state index contributed by atoms with van der Waals surface area (Å²) in [5.74, 6) is 1.29. The highest BCUT2D eigenvalue weighted by Crippen LogP contribution is 2.18. The third kappa shape index (κ3) is 3.28. The van der Waals surface area contributed by atoms with Crippen LogP contribution in [0.15, 0.2) is 27.9 Å². The lowest BCUT2D eigenvalue weighted by molar-refractivity contribution is -0.127. The van der Waals surface area contributed by atoms with Crippen LogP contribution in [0.3, 0.4) is 0 Å². The molecule has 1 unspecified atom stereocenters. The topological polar surface area (TPSA) is 82.2 Å². The molecule has 1 fully saturated rings. The molecule has 0 spiro atoms. The molecule has 0 N–H and O–H groups in total. The predicted molar refractivity (Wildman–Crippen MR) is 65.7 cm³/mol. The number of carbonyl (C=O) groups excluding carboxylic acids is 1. The Labute approximate surface area is 105 Å². The molecule has 2 rings (SSSR count). The van der Waals surface area contributed by atoms with E-state index in [1.54, 1.807) is 6.26 Å². The van der Waals surface area contributed by atoms with Gasteiger partial charge in [-0.15, -0.1) is 0 Å². The van der Waals surface area contributed by atoms with Crippen LogP contribution in [0.5, 0.6) is 0 Å². The van der Waals surface area contributed by atoms with Gasteiger partial charge in [0.15, 0.2) is 0 Å². The molecule has 0 saturated carbocycles. The zero-order valence-corrected chi connectivity index (χ0v) is 10.2. The molecule has 18 heavy (non-hydrogen) atoms. The first-order chi connectivity index (χ1) is 8.79. The maximum atomic E-state index is 11.7. The summed E-state index contributed by atoms with van der Waals surface area (Å²) in [6.45, 7) is 1.86. The lowest BCUT2D eigenvalue weighted by Gasteiger charge is -2.15. The summed E-state index contributed by atoms with van der Waals surface area (Å²) in [6.07, 6.45) is 3.90. The van der Waals surface area contributed by atoms with Gasteiger partial charge in [0.2, 0.25) is 5.91 Å². The minimum Gasteiger partial charge on any atom is -0.469 e. The van der Waals surface area contributed by atoms with Crippen molar-refractivity contribution in [3.05, 3.63) is 34.6 Å². The number of hydrogen-bond acceptors (Lipinski definition) is 3. The molecule has 1 saturated heterocycles. The summed E-state index contributed by atoms with van der Waals surface area (Å²) in [5, 5.41) is 3.53. The highest BCUT2D eigenvalue weighted by atomic mass is 16.3. The Balaban J connectivity index is 1.73. The SMILES string of the molecule is [N-]=[N+]=NCC1CC(=O)N(CCCc2ccco2)C1. The number of nitrogens with zero attached hydrogens (tertiary/aromatic N) is 4. The molecule has 2 heterocycles. The second-order valence-corrected chi connectivity index (χ2v) is 4.51. The summed E-state index contributed by atoms with van der Waals surface area (Å²) < 4.78 is 5.24. The molecular weight excluding hydrogens is 232 g/mol. The highest BCUT2D eigenvalue weighted by molar-refractivity contribution is 5.78. The molecule has 0 aliphatic carbocycles. The molecule has 1 aromatic rings. The number of hydrogen-bond donors (Lipinski definition) is 0. The summed E-state index contributed by atoms with van der Waals surface area (Å²) in [4.78, 5) is 16.3. The van der Waals surface area contributed by atoms with Gasteiger partial charge in [-0.2, -0.15) is 0 Å². The van der Waals surface area contributed by atoms with Crippen molar-refractivity contribution in [2.75, 3.05) is 19.6 Å². The van der Waals surface area contributed by atoms with Crippen LogP contribution in [0.2, 0.25) is 0 Å². The average Bonchev–Trinajstić information content (AvgIpc) is 2.98. The Morgan fingerprint density at radius 2 is 2.50 bits per heavy atom. The monoisotopic (exact) mass is 248 g/mol. The van der Waals surface area contributed by atoms with Crippen molar-refractivity contribution >= 4 is 5.91 Å². The van der Waals surface area contributed by atoms with Crippen LogP contribution >= 0.6 is 0 Å². The summed E-state index contributed by atoms with van der Waals surface area (Å²) in [6, 6.07) is 3.81. The molecular formula is C12H16N4O2. The fraction of sp³-hybridized carbons (Fsp3) is 0.583. The highest BCUT2D eigenvalue weighted by Gasteiger charge is 2.28. The Hall–Kier alpha value is -1.94. The van der Waals surface area contributed by atoms with E-state index < -0.39 is 0 Å². The molecule has 0 radical (unpaired) electrons. The van der Waals surface area contributed by atoms with Crippen molar-refractivity contribution in [3.63, 3.8) is 0 Å². The lowest BCUT2D eigenvalue weighted by atomic mass is 10.1. The zero-order chi connectivity index (χ0) is 12.8. The van der Waals surface area contributed by atoms with E-state index in [0.717, 1.165) is 25.1 Å². The van der Waals surface area contributed by atoms with Gasteiger partial charge >= 0.3 is 0 Å². The van der Waals surface area contributed by atoms with Crippen LogP contribution < -0.4 is 0 Å². The first-order valence-electron chi connectivity index (χ1n) is 6.10. The third-order valence-electron chi connectivity index (χ3n) is 3.13. The van der Waals surface area contributed by atoms with E-state index in [-0.39, 0.29) is 11.8 Å². The number of furan rings is 1. The van der Waals surface area contributed by atoms with Gasteiger partial charge < -0.3 is 9.32 Å². The second kappa shape index (κ2) is 6.12. The Kier molecular flexibility index (Phi) is 4.25. The van der Waals surface area contributed by atoms with Crippen molar-refractivity contribution in [1.82, 2.24) is 4.90 Å². The first-order valence-corrected chi connectivity index (χ1v) is 6.10. The maximum Gasteiger partial charge on any atom is 0.222 e. The molecule has 0 aromatic carbocycles. The van der Waals surface area contributed by atoms with E-state index in [9.17, 15) is 4.79 Å². The molecule has 96 valence electrons. The molecule has 1 aliphatic heterocycles. The van der Waals surface area contributed by atoms with Crippen molar-refractivity contribution in [1.29, 1.82) is 0 Å². The summed E-state index contributed by atoms with van der Waals surface area (Å²) in [7, 11) is 0. The van der Waals surface area contributed by atoms with Gasteiger partial charge in [0, 0.05) is 37.4 Å². The number of carbonyl (C=O) groups is 1. The van der Waals surface area contributed by atoms with Crippen LogP contribution in [0.1, 0.15) is 18.6 Å². The largest absolute Gasteiger partial charge is 0.469 e. The number of rotatable bonds is 6. The van der Waals surface area contributed by atoms with Gasteiger partial charge in [-0.3, -0.25) is 4.79 Å². The van der Waals surface area contributed by atoms with E-state index in [4.69, 9.17) is 9.95 Å². The fourth-order valence-electron chi connectivity index (χ4n) is 2.24. The normalized spacial score (nSPS) is 19.0. The molecule has 0 bridgehead atoms. The smallest absolute Gasteiger partial charge is 0.222 e. The summed E-state index contributed by atoms with van der Waals surface area (Å²) >= 11 is 0. The third-order valence-corrected chi connectivity index (χ3v) is 3.13. The second-order valence-electron chi connectivity index (χ2n) is 4.51. The Morgan fingerprint density at radius 1 is 1.61 bits per heavy atom. The van der Waals surface area contributed by atoms with Crippen LogP contribution in [-0.2, 0) is 11.2 Å². The molecule has 6 nitrogen and oxygen atoms in total. The molecule has 1 atom stereocenters. The van der Waals surface area contributed by atoms with Gasteiger partial charge in [-0.05, 0) is 30.0 Å². The van der Waals surface area contributed by atoms with Gasteiger partial charge in [-0.25, -0.2) is 0 Å². The number of aryl methyl sites for hydroxylation is 1. The number of likely N-dealkylation sites (tertiary alicyclic amines) is 1. The van der Waals surface area contributed by atoms with Crippen LogP contribution in [-0.4, -0.2) is 30.4 Å². The van der Waals surface area contributed by atoms with Crippen molar-refractivity contribution in [3.8, 4) is 0 Å². The van der Waals surface area contributed by atoms with Crippen molar-refractivity contribution < 1.29 is 9.21 Å². The fourth-order valence-corrected chi connectivity index (χ4v) is 2.24. The minimum absolute atomic E-state index is 0.160. The van der Waals surface area contributed by atoms with Gasteiger partial charge in [0.25, 0.3) is 0 Å². The van der Waals surface area contributed by atoms with E-state index in [2.05, 4.69) is 10.0 Å². The average molecular weight is 248 g/mol. The van der Waals surface area contributed by atoms with Gasteiger partial charge in [0.1, 0.15) is 5.76 Å². The Bertz CT molecular complexity index is 437. The standard InChI is InChI=1S/C12H16N4O2/c13-15-14-8-10-7-12(17)16(9-10)5-1-3-11-4-2-6-18-11/h2,4,6,10H,1,3,5,7-9H2. The zero-order valence-electron chi connectivity index (χ0n) is 10.2. The molecule has 1 amide bonds. The number of azide groups is 1. The van der Waals surface area contributed by atoms with Crippen molar-refractivity contribution in [2.45, 2.75) is 19.3 Å². The van der Waals surface area contributed by atoms with Crippen LogP contribution in [0.4, 0.5) is 0 Å². The first kappa shape index (κ1) is 12.5. The van der Waals surface area contributed by atoms with Crippen LogP contribution in [0.25, 0.3) is 10.4 Å². The Morgan fingerprint density at radius 3 is 3.22 bits per heavy atom. The minimum atomic E-state index is 0.160. The quantitative estimate of drug-likeness (QED) is 0.440. The van der Waals surface area contributed by atoms with Gasteiger partial charge in [-0.1, -0.05) is 5.11 Å². The number of amides is 1. The maximum absolute atomic E-state index is 11.7. The van der Waals surface area contributed by atoms with Crippen LogP contribution in [0, 0.1) is 5.92 Å². The van der Waals surface area contributed by atoms with Gasteiger partial charge in [0.05, 0.1) is 6.26 Å². The molecule has 1 aliphatic rings. The molecule has 6 heteroatoms. The van der Waals surface area contributed by atoms with Crippen molar-refractivity contribution in [2.24, 2.45) is 11.0 Å².